The maximum absolute atomic E-state index is 13.3. The number of amides is 3. The SMILES string of the molecule is Cc1cnc2c(NC(=O)c3cnccc3C(F)(F)F)cccc2c1NC(=O)N1CCCCC1. The number of likely N-dealkylation sites (tertiary alicyclic amines) is 1. The monoisotopic (exact) mass is 457 g/mol. The quantitative estimate of drug-likeness (QED) is 0.564. The Balaban J connectivity index is 1.66. The third-order valence-electron chi connectivity index (χ3n) is 5.58. The van der Waals surface area contributed by atoms with Crippen molar-refractivity contribution in [1.82, 2.24) is 14.9 Å². The van der Waals surface area contributed by atoms with Gasteiger partial charge in [0.1, 0.15) is 0 Å². The van der Waals surface area contributed by atoms with Crippen molar-refractivity contribution >= 4 is 34.2 Å². The molecule has 3 aromatic rings. The summed E-state index contributed by atoms with van der Waals surface area (Å²) >= 11 is 0. The highest BCUT2D eigenvalue weighted by Gasteiger charge is 2.35. The average Bonchev–Trinajstić information content (AvgIpc) is 2.81. The number of carbonyl (C=O) groups is 2. The van der Waals surface area contributed by atoms with E-state index >= 15 is 0 Å². The lowest BCUT2D eigenvalue weighted by Crippen LogP contribution is -2.38. The molecule has 2 aromatic heterocycles. The van der Waals surface area contributed by atoms with Crippen LogP contribution in [0.5, 0.6) is 0 Å². The lowest BCUT2D eigenvalue weighted by atomic mass is 10.1. The van der Waals surface area contributed by atoms with E-state index in [1.807, 2.05) is 0 Å². The molecule has 0 radical (unpaired) electrons. The lowest BCUT2D eigenvalue weighted by molar-refractivity contribution is -0.138. The summed E-state index contributed by atoms with van der Waals surface area (Å²) in [6.07, 6.45) is 1.72. The van der Waals surface area contributed by atoms with Crippen molar-refractivity contribution in [2.75, 3.05) is 23.7 Å². The summed E-state index contributed by atoms with van der Waals surface area (Å²) in [6.45, 7) is 3.17. The van der Waals surface area contributed by atoms with Crippen LogP contribution in [0.25, 0.3) is 10.9 Å². The second kappa shape index (κ2) is 9.05. The van der Waals surface area contributed by atoms with Crippen LogP contribution in [0.4, 0.5) is 29.3 Å². The van der Waals surface area contributed by atoms with Crippen LogP contribution in [0.3, 0.4) is 0 Å². The first-order chi connectivity index (χ1) is 15.8. The van der Waals surface area contributed by atoms with Gasteiger partial charge in [0.15, 0.2) is 0 Å². The van der Waals surface area contributed by atoms with Crippen molar-refractivity contribution < 1.29 is 22.8 Å². The van der Waals surface area contributed by atoms with Crippen LogP contribution >= 0.6 is 0 Å². The number of hydrogen-bond donors (Lipinski definition) is 2. The molecule has 0 unspecified atom stereocenters. The van der Waals surface area contributed by atoms with Crippen LogP contribution < -0.4 is 10.6 Å². The number of carbonyl (C=O) groups excluding carboxylic acids is 2. The maximum atomic E-state index is 13.3. The van der Waals surface area contributed by atoms with E-state index in [1.54, 1.807) is 36.2 Å². The van der Waals surface area contributed by atoms with Crippen molar-refractivity contribution in [3.05, 3.63) is 59.5 Å². The van der Waals surface area contributed by atoms with Crippen molar-refractivity contribution in [2.45, 2.75) is 32.4 Å². The molecule has 0 aliphatic carbocycles. The number of rotatable bonds is 3. The van der Waals surface area contributed by atoms with Crippen molar-refractivity contribution in [1.29, 1.82) is 0 Å². The number of piperidine rings is 1. The van der Waals surface area contributed by atoms with Crippen LogP contribution in [-0.2, 0) is 6.18 Å². The smallest absolute Gasteiger partial charge is 0.325 e. The fourth-order valence-electron chi connectivity index (χ4n) is 3.88. The Hall–Kier alpha value is -3.69. The summed E-state index contributed by atoms with van der Waals surface area (Å²) < 4.78 is 39.9. The number of hydrogen-bond acceptors (Lipinski definition) is 4. The molecule has 33 heavy (non-hydrogen) atoms. The van der Waals surface area contributed by atoms with E-state index in [1.165, 1.54) is 0 Å². The van der Waals surface area contributed by atoms with Crippen LogP contribution in [0.1, 0.15) is 40.7 Å². The lowest BCUT2D eigenvalue weighted by Gasteiger charge is -2.27. The van der Waals surface area contributed by atoms with Gasteiger partial charge >= 0.3 is 12.2 Å². The minimum Gasteiger partial charge on any atom is -0.325 e. The molecule has 0 saturated carbocycles. The van der Waals surface area contributed by atoms with Gasteiger partial charge in [-0.2, -0.15) is 13.2 Å². The average molecular weight is 457 g/mol. The van der Waals surface area contributed by atoms with Gasteiger partial charge in [-0.15, -0.1) is 0 Å². The Morgan fingerprint density at radius 2 is 1.79 bits per heavy atom. The van der Waals surface area contributed by atoms with E-state index in [0.717, 1.165) is 43.3 Å². The zero-order chi connectivity index (χ0) is 23.6. The van der Waals surface area contributed by atoms with Crippen LogP contribution in [0.15, 0.2) is 42.9 Å². The second-order valence-electron chi connectivity index (χ2n) is 7.87. The largest absolute Gasteiger partial charge is 0.417 e. The molecule has 172 valence electrons. The Labute approximate surface area is 188 Å². The number of para-hydroxylation sites is 1. The molecular formula is C23H22F3N5O2. The molecule has 1 aromatic carbocycles. The van der Waals surface area contributed by atoms with Gasteiger partial charge in [0.25, 0.3) is 5.91 Å². The third-order valence-corrected chi connectivity index (χ3v) is 5.58. The minimum absolute atomic E-state index is 0.218. The molecule has 3 amide bonds. The second-order valence-corrected chi connectivity index (χ2v) is 7.87. The Bertz CT molecular complexity index is 1210. The predicted molar refractivity (Wildman–Crippen MR) is 118 cm³/mol. The number of aromatic nitrogens is 2. The van der Waals surface area contributed by atoms with E-state index in [4.69, 9.17) is 0 Å². The zero-order valence-electron chi connectivity index (χ0n) is 17.9. The van der Waals surface area contributed by atoms with Crippen molar-refractivity contribution in [3.63, 3.8) is 0 Å². The molecule has 4 rings (SSSR count). The molecule has 10 heteroatoms. The number of aryl methyl sites for hydroxylation is 1. The number of anilines is 2. The number of fused-ring (bicyclic) bond motifs is 1. The van der Waals surface area contributed by atoms with Gasteiger partial charge in [0, 0.05) is 37.1 Å². The minimum atomic E-state index is -4.70. The summed E-state index contributed by atoms with van der Waals surface area (Å²) in [5.74, 6) is -0.954. The first-order valence-electron chi connectivity index (χ1n) is 10.5. The van der Waals surface area contributed by atoms with E-state index in [9.17, 15) is 22.8 Å². The third kappa shape index (κ3) is 4.74. The standard InChI is InChI=1S/C23H22F3N5O2/c1-14-12-28-20-15(19(14)30-22(33)31-10-3-2-4-11-31)6-5-7-18(20)29-21(32)16-13-27-9-8-17(16)23(24,25)26/h5-9,12-13H,2-4,10-11H2,1H3,(H,29,32)(H,28,30,33). The number of benzene rings is 1. The predicted octanol–water partition coefficient (Wildman–Crippen LogP) is 5.23. The number of nitrogens with zero attached hydrogens (tertiary/aromatic N) is 3. The van der Waals surface area contributed by atoms with Gasteiger partial charge in [-0.3, -0.25) is 14.8 Å². The Morgan fingerprint density at radius 1 is 1.03 bits per heavy atom. The van der Waals surface area contributed by atoms with E-state index in [2.05, 4.69) is 20.6 Å². The molecule has 0 atom stereocenters. The number of urea groups is 1. The Morgan fingerprint density at radius 3 is 2.52 bits per heavy atom. The Kier molecular flexibility index (Phi) is 6.17. The van der Waals surface area contributed by atoms with Crippen LogP contribution in [0.2, 0.25) is 0 Å². The molecular weight excluding hydrogens is 435 g/mol. The highest BCUT2D eigenvalue weighted by Crippen LogP contribution is 2.33. The zero-order valence-corrected chi connectivity index (χ0v) is 17.9. The van der Waals surface area contributed by atoms with Gasteiger partial charge in [0.2, 0.25) is 0 Å². The van der Waals surface area contributed by atoms with Gasteiger partial charge in [0.05, 0.1) is 28.0 Å². The molecule has 7 nitrogen and oxygen atoms in total. The maximum Gasteiger partial charge on any atom is 0.417 e. The number of pyridine rings is 2. The molecule has 2 N–H and O–H groups in total. The number of nitrogens with one attached hydrogen (secondary N) is 2. The number of halogens is 3. The van der Waals surface area contributed by atoms with Crippen LogP contribution in [0, 0.1) is 6.92 Å². The van der Waals surface area contributed by atoms with Gasteiger partial charge in [-0.1, -0.05) is 12.1 Å². The topological polar surface area (TPSA) is 87.2 Å². The normalized spacial score (nSPS) is 14.2. The summed E-state index contributed by atoms with van der Waals surface area (Å²) in [5, 5.41) is 6.02. The van der Waals surface area contributed by atoms with E-state index in [-0.39, 0.29) is 11.7 Å². The molecule has 1 aliphatic heterocycles. The summed E-state index contributed by atoms with van der Waals surface area (Å²) in [4.78, 5) is 35.2. The van der Waals surface area contributed by atoms with Crippen molar-refractivity contribution in [3.8, 4) is 0 Å². The number of alkyl halides is 3. The first kappa shape index (κ1) is 22.5. The summed E-state index contributed by atoms with van der Waals surface area (Å²) in [7, 11) is 0. The first-order valence-corrected chi connectivity index (χ1v) is 10.5. The molecule has 0 spiro atoms. The van der Waals surface area contributed by atoms with Gasteiger partial charge in [-0.25, -0.2) is 4.79 Å². The summed E-state index contributed by atoms with van der Waals surface area (Å²) in [6, 6.07) is 5.46. The highest BCUT2D eigenvalue weighted by atomic mass is 19.4. The molecule has 1 fully saturated rings. The molecule has 3 heterocycles. The van der Waals surface area contributed by atoms with E-state index in [0.29, 0.717) is 29.7 Å². The van der Waals surface area contributed by atoms with Crippen LogP contribution in [-0.4, -0.2) is 39.9 Å². The van der Waals surface area contributed by atoms with Crippen molar-refractivity contribution in [2.24, 2.45) is 0 Å². The van der Waals surface area contributed by atoms with E-state index < -0.39 is 23.2 Å². The summed E-state index contributed by atoms with van der Waals surface area (Å²) in [5.41, 5.74) is 0.180. The fourth-order valence-corrected chi connectivity index (χ4v) is 3.88. The molecule has 1 saturated heterocycles. The highest BCUT2D eigenvalue weighted by molar-refractivity contribution is 6.11. The molecule has 1 aliphatic rings. The van der Waals surface area contributed by atoms with Gasteiger partial charge < -0.3 is 15.5 Å². The fraction of sp³-hybridized carbons (Fsp3) is 0.304. The molecule has 0 bridgehead atoms. The van der Waals surface area contributed by atoms with Gasteiger partial charge in [-0.05, 0) is 43.9 Å².